The van der Waals surface area contributed by atoms with Gasteiger partial charge in [0.2, 0.25) is 0 Å². The summed E-state index contributed by atoms with van der Waals surface area (Å²) in [6.45, 7) is 3.61. The molecule has 1 unspecified atom stereocenters. The van der Waals surface area contributed by atoms with E-state index in [1.807, 2.05) is 24.3 Å². The summed E-state index contributed by atoms with van der Waals surface area (Å²) in [5.74, 6) is 0.338. The topological polar surface area (TPSA) is 107 Å². The minimum absolute atomic E-state index is 0.0749. The highest BCUT2D eigenvalue weighted by Gasteiger charge is 2.30. The van der Waals surface area contributed by atoms with Gasteiger partial charge in [0.1, 0.15) is 12.1 Å². The average Bonchev–Trinajstić information content (AvgIpc) is 3.07. The van der Waals surface area contributed by atoms with Crippen LogP contribution in [0.3, 0.4) is 0 Å². The number of aliphatic carboxylic acids is 1. The molecule has 1 aliphatic rings. The monoisotopic (exact) mass is 663 g/mol. The smallest absolute Gasteiger partial charge is 0.416 e. The zero-order valence-corrected chi connectivity index (χ0v) is 26.7. The Kier molecular flexibility index (Phi) is 11.0. The van der Waals surface area contributed by atoms with Crippen molar-refractivity contribution in [3.05, 3.63) is 101 Å². The number of carbonyl (C=O) groups is 2. The molecule has 1 aromatic heterocycles. The maximum absolute atomic E-state index is 13.5. The number of carbonyl (C=O) groups excluding carboxylic acids is 1. The van der Waals surface area contributed by atoms with Crippen LogP contribution in [0.4, 0.5) is 30.4 Å². The molecule has 246 valence electrons. The van der Waals surface area contributed by atoms with Gasteiger partial charge in [0.25, 0.3) is 5.91 Å². The van der Waals surface area contributed by atoms with Crippen LogP contribution < -0.4 is 15.5 Å². The molecule has 4 aromatic rings. The number of nitrogens with zero attached hydrogens (tertiary/aromatic N) is 3. The van der Waals surface area contributed by atoms with E-state index >= 15 is 0 Å². The third-order valence-electron chi connectivity index (χ3n) is 7.91. The van der Waals surface area contributed by atoms with Gasteiger partial charge in [-0.25, -0.2) is 9.97 Å². The number of nitrogens with one attached hydrogen (secondary N) is 2. The van der Waals surface area contributed by atoms with Crippen LogP contribution in [0.25, 0.3) is 11.3 Å². The maximum atomic E-state index is 13.5. The SMILES string of the molecule is CC(Nc1cc(-c2cc(N3CCCCC3)ccc2NC(=O)c2cccc(CSCCC(=O)O)c2)ncn1)c1cccc(C(F)(F)F)c1. The number of thioether (sulfide) groups is 1. The number of halogens is 3. The van der Waals surface area contributed by atoms with Crippen LogP contribution in [0, 0.1) is 0 Å². The van der Waals surface area contributed by atoms with Crippen LogP contribution in [0.1, 0.15) is 65.7 Å². The molecule has 0 aliphatic carbocycles. The van der Waals surface area contributed by atoms with E-state index in [-0.39, 0.29) is 12.3 Å². The van der Waals surface area contributed by atoms with E-state index in [0.29, 0.717) is 45.4 Å². The molecule has 3 aromatic carbocycles. The zero-order chi connectivity index (χ0) is 33.4. The van der Waals surface area contributed by atoms with Crippen molar-refractivity contribution in [2.75, 3.05) is 34.4 Å². The fraction of sp³-hybridized carbons (Fsp3) is 0.314. The Labute approximate surface area is 275 Å². The van der Waals surface area contributed by atoms with Gasteiger partial charge in [-0.05, 0) is 79.8 Å². The predicted molar refractivity (Wildman–Crippen MR) is 180 cm³/mol. The molecule has 0 bridgehead atoms. The lowest BCUT2D eigenvalue weighted by Crippen LogP contribution is -2.29. The second-order valence-electron chi connectivity index (χ2n) is 11.4. The number of anilines is 3. The van der Waals surface area contributed by atoms with Gasteiger partial charge >= 0.3 is 12.1 Å². The van der Waals surface area contributed by atoms with E-state index in [0.717, 1.165) is 49.3 Å². The first kappa shape index (κ1) is 33.8. The summed E-state index contributed by atoms with van der Waals surface area (Å²) in [6, 6.07) is 19.5. The highest BCUT2D eigenvalue weighted by atomic mass is 32.2. The molecule has 12 heteroatoms. The summed E-state index contributed by atoms with van der Waals surface area (Å²) in [4.78, 5) is 35.5. The Morgan fingerprint density at radius 2 is 1.77 bits per heavy atom. The number of aromatic nitrogens is 2. The van der Waals surface area contributed by atoms with E-state index in [1.165, 1.54) is 30.6 Å². The fourth-order valence-corrected chi connectivity index (χ4v) is 6.30. The summed E-state index contributed by atoms with van der Waals surface area (Å²) in [7, 11) is 0. The second kappa shape index (κ2) is 15.3. The Hall–Kier alpha value is -4.58. The molecule has 8 nitrogen and oxygen atoms in total. The summed E-state index contributed by atoms with van der Waals surface area (Å²) in [5.41, 5.74) is 3.89. The van der Waals surface area contributed by atoms with Crippen molar-refractivity contribution in [3.8, 4) is 11.3 Å². The number of hydrogen-bond donors (Lipinski definition) is 3. The van der Waals surface area contributed by atoms with Crippen LogP contribution >= 0.6 is 11.8 Å². The number of piperidine rings is 1. The van der Waals surface area contributed by atoms with Gasteiger partial charge in [-0.2, -0.15) is 24.9 Å². The highest BCUT2D eigenvalue weighted by molar-refractivity contribution is 7.98. The molecule has 3 N–H and O–H groups in total. The lowest BCUT2D eigenvalue weighted by molar-refractivity contribution is -0.138. The van der Waals surface area contributed by atoms with Gasteiger partial charge in [0.05, 0.1) is 23.4 Å². The highest BCUT2D eigenvalue weighted by Crippen LogP contribution is 2.35. The quantitative estimate of drug-likeness (QED) is 0.130. The lowest BCUT2D eigenvalue weighted by atomic mass is 10.0. The molecule has 1 fully saturated rings. The molecule has 0 radical (unpaired) electrons. The van der Waals surface area contributed by atoms with Crippen molar-refractivity contribution in [1.29, 1.82) is 0 Å². The number of rotatable bonds is 12. The van der Waals surface area contributed by atoms with Crippen molar-refractivity contribution in [1.82, 2.24) is 9.97 Å². The number of carboxylic acid groups (broad SMARTS) is 1. The molecule has 0 saturated carbocycles. The molecular weight excluding hydrogens is 627 g/mol. The average molecular weight is 664 g/mol. The predicted octanol–water partition coefficient (Wildman–Crippen LogP) is 8.29. The largest absolute Gasteiger partial charge is 0.481 e. The van der Waals surface area contributed by atoms with Crippen molar-refractivity contribution >= 4 is 40.8 Å². The van der Waals surface area contributed by atoms with Gasteiger partial charge in [0, 0.05) is 53.5 Å². The van der Waals surface area contributed by atoms with E-state index < -0.39 is 23.8 Å². The van der Waals surface area contributed by atoms with Crippen LogP contribution in [-0.4, -0.2) is 45.8 Å². The first-order valence-corrected chi connectivity index (χ1v) is 16.6. The third-order valence-corrected chi connectivity index (χ3v) is 8.94. The van der Waals surface area contributed by atoms with E-state index in [2.05, 4.69) is 25.5 Å². The number of hydrogen-bond acceptors (Lipinski definition) is 7. The van der Waals surface area contributed by atoms with Gasteiger partial charge in [0.15, 0.2) is 0 Å². The molecule has 1 saturated heterocycles. The third kappa shape index (κ3) is 9.25. The first-order chi connectivity index (χ1) is 22.6. The maximum Gasteiger partial charge on any atom is 0.416 e. The van der Waals surface area contributed by atoms with Crippen molar-refractivity contribution in [3.63, 3.8) is 0 Å². The molecule has 47 heavy (non-hydrogen) atoms. The van der Waals surface area contributed by atoms with Crippen LogP contribution in [-0.2, 0) is 16.7 Å². The number of amides is 1. The fourth-order valence-electron chi connectivity index (χ4n) is 5.42. The van der Waals surface area contributed by atoms with Gasteiger partial charge in [-0.1, -0.05) is 24.3 Å². The Morgan fingerprint density at radius 3 is 2.53 bits per heavy atom. The van der Waals surface area contributed by atoms with Crippen molar-refractivity contribution in [2.45, 2.75) is 50.6 Å². The molecule has 1 aliphatic heterocycles. The molecule has 1 amide bonds. The minimum Gasteiger partial charge on any atom is -0.481 e. The minimum atomic E-state index is -4.44. The molecular formula is C35H36F3N5O3S. The second-order valence-corrected chi connectivity index (χ2v) is 12.5. The summed E-state index contributed by atoms with van der Waals surface area (Å²) < 4.78 is 39.9. The number of benzene rings is 3. The first-order valence-electron chi connectivity index (χ1n) is 15.4. The number of alkyl halides is 3. The molecule has 5 rings (SSSR count). The molecule has 0 spiro atoms. The van der Waals surface area contributed by atoms with Crippen molar-refractivity contribution in [2.24, 2.45) is 0 Å². The summed E-state index contributed by atoms with van der Waals surface area (Å²) in [5, 5.41) is 15.1. The van der Waals surface area contributed by atoms with Crippen molar-refractivity contribution < 1.29 is 27.9 Å². The van der Waals surface area contributed by atoms with Crippen LogP contribution in [0.5, 0.6) is 0 Å². The van der Waals surface area contributed by atoms with E-state index in [1.54, 1.807) is 37.3 Å². The molecule has 2 heterocycles. The van der Waals surface area contributed by atoms with Crippen LogP contribution in [0.2, 0.25) is 0 Å². The summed E-state index contributed by atoms with van der Waals surface area (Å²) >= 11 is 1.49. The van der Waals surface area contributed by atoms with Gasteiger partial charge in [-0.15, -0.1) is 0 Å². The Morgan fingerprint density at radius 1 is 0.979 bits per heavy atom. The van der Waals surface area contributed by atoms with Gasteiger partial charge in [-0.3, -0.25) is 9.59 Å². The number of carboxylic acids is 1. The van der Waals surface area contributed by atoms with Gasteiger partial charge < -0.3 is 20.6 Å². The zero-order valence-electron chi connectivity index (χ0n) is 25.9. The summed E-state index contributed by atoms with van der Waals surface area (Å²) in [6.07, 6.45) is 0.383. The molecule has 1 atom stereocenters. The Bertz CT molecular complexity index is 1710. The van der Waals surface area contributed by atoms with E-state index in [9.17, 15) is 22.8 Å². The lowest BCUT2D eigenvalue weighted by Gasteiger charge is -2.29. The van der Waals surface area contributed by atoms with Crippen LogP contribution in [0.15, 0.2) is 79.1 Å². The Balaban J connectivity index is 1.40. The normalized spacial score (nSPS) is 14.0. The van der Waals surface area contributed by atoms with E-state index in [4.69, 9.17) is 5.11 Å². The standard InChI is InChI=1S/C35H36F3N5O3S/c1-23(25-8-6-10-27(18-25)35(36,37)38)41-32-20-31(39-22-40-32)29-19-28(43-14-3-2-4-15-43)11-12-30(29)42-34(46)26-9-5-7-24(17-26)21-47-16-13-33(44)45/h5-12,17-20,22-23H,2-4,13-16,21H2,1H3,(H,42,46)(H,44,45)(H,39,40,41).